The molecule has 2 N–H and O–H groups in total. The van der Waals surface area contributed by atoms with Crippen LogP contribution in [-0.2, 0) is 19.5 Å². The van der Waals surface area contributed by atoms with Gasteiger partial charge in [0.25, 0.3) is 5.91 Å². The number of carbonyl (C=O) groups excluding carboxylic acids is 1. The van der Waals surface area contributed by atoms with E-state index < -0.39 is 10.0 Å². The number of amides is 1. The maximum Gasteiger partial charge on any atom is 0.251 e. The van der Waals surface area contributed by atoms with Crippen LogP contribution in [0.4, 0.5) is 0 Å². The average Bonchev–Trinajstić information content (AvgIpc) is 3.44. The van der Waals surface area contributed by atoms with Crippen LogP contribution in [0.25, 0.3) is 0 Å². The van der Waals surface area contributed by atoms with Gasteiger partial charge in [0, 0.05) is 25.8 Å². The Morgan fingerprint density at radius 1 is 1.32 bits per heavy atom. The second-order valence-corrected chi connectivity index (χ2v) is 8.23. The van der Waals surface area contributed by atoms with Gasteiger partial charge in [-0.2, -0.15) is 0 Å². The number of hydrogen-bond acceptors (Lipinski definition) is 5. The summed E-state index contributed by atoms with van der Waals surface area (Å²) in [4.78, 5) is 11.8. The minimum Gasteiger partial charge on any atom is -0.379 e. The van der Waals surface area contributed by atoms with Gasteiger partial charge in [0.1, 0.15) is 0 Å². The summed E-state index contributed by atoms with van der Waals surface area (Å²) in [5.74, 6) is 0.275. The van der Waals surface area contributed by atoms with Gasteiger partial charge in [-0.15, -0.1) is 0 Å². The van der Waals surface area contributed by atoms with Gasteiger partial charge in [-0.3, -0.25) is 4.79 Å². The summed E-state index contributed by atoms with van der Waals surface area (Å²) in [6.07, 6.45) is 2.63. The highest BCUT2D eigenvalue weighted by molar-refractivity contribution is 7.89. The SMILES string of the molecule is CNC(=O)c1cccc(S(=O)(=O)N[C@@H]2CCOC[C@H]2OCC2CC2)c1. The van der Waals surface area contributed by atoms with E-state index in [4.69, 9.17) is 9.47 Å². The Morgan fingerprint density at radius 3 is 2.84 bits per heavy atom. The number of sulfonamides is 1. The normalized spacial score (nSPS) is 24.0. The molecule has 0 aromatic heterocycles. The standard InChI is InChI=1S/C17H24N2O5S/c1-18-17(20)13-3-2-4-14(9-13)25(21,22)19-15-7-8-23-11-16(15)24-10-12-5-6-12/h2-4,9,12,15-16,19H,5-8,10-11H2,1H3,(H,18,20)/t15-,16-/m1/s1. The number of benzene rings is 1. The fourth-order valence-electron chi connectivity index (χ4n) is 2.77. The number of nitrogens with one attached hydrogen (secondary N) is 2. The van der Waals surface area contributed by atoms with Crippen LogP contribution in [0.15, 0.2) is 29.2 Å². The smallest absolute Gasteiger partial charge is 0.251 e. The summed E-state index contributed by atoms with van der Waals surface area (Å²) < 4.78 is 39.5. The van der Waals surface area contributed by atoms with E-state index in [2.05, 4.69) is 10.0 Å². The molecule has 1 aromatic carbocycles. The number of ether oxygens (including phenoxy) is 2. The third kappa shape index (κ3) is 4.78. The molecule has 1 aliphatic heterocycles. The van der Waals surface area contributed by atoms with Gasteiger partial charge < -0.3 is 14.8 Å². The highest BCUT2D eigenvalue weighted by Crippen LogP contribution is 2.30. The molecule has 138 valence electrons. The van der Waals surface area contributed by atoms with Crippen LogP contribution in [0.2, 0.25) is 0 Å². The largest absolute Gasteiger partial charge is 0.379 e. The summed E-state index contributed by atoms with van der Waals surface area (Å²) in [5, 5.41) is 2.49. The van der Waals surface area contributed by atoms with E-state index in [-0.39, 0.29) is 22.9 Å². The van der Waals surface area contributed by atoms with E-state index in [1.54, 1.807) is 12.1 Å². The van der Waals surface area contributed by atoms with Gasteiger partial charge in [0.2, 0.25) is 10.0 Å². The lowest BCUT2D eigenvalue weighted by molar-refractivity contribution is -0.0672. The Bertz CT molecular complexity index is 718. The molecule has 1 aliphatic carbocycles. The highest BCUT2D eigenvalue weighted by Gasteiger charge is 2.32. The van der Waals surface area contributed by atoms with Crippen LogP contribution in [0.3, 0.4) is 0 Å². The van der Waals surface area contributed by atoms with E-state index >= 15 is 0 Å². The second-order valence-electron chi connectivity index (χ2n) is 6.51. The minimum absolute atomic E-state index is 0.0704. The second kappa shape index (κ2) is 7.82. The van der Waals surface area contributed by atoms with Gasteiger partial charge in [0.15, 0.2) is 0 Å². The molecule has 0 radical (unpaired) electrons. The first-order chi connectivity index (χ1) is 12.0. The lowest BCUT2D eigenvalue weighted by Crippen LogP contribution is -2.50. The van der Waals surface area contributed by atoms with Crippen LogP contribution in [0.1, 0.15) is 29.6 Å². The summed E-state index contributed by atoms with van der Waals surface area (Å²) >= 11 is 0. The summed E-state index contributed by atoms with van der Waals surface area (Å²) in [6.45, 7) is 1.53. The predicted molar refractivity (Wildman–Crippen MR) is 91.8 cm³/mol. The summed E-state index contributed by atoms with van der Waals surface area (Å²) in [6, 6.07) is 5.66. The Hall–Kier alpha value is -1.48. The monoisotopic (exact) mass is 368 g/mol. The van der Waals surface area contributed by atoms with E-state index in [0.717, 1.165) is 0 Å². The first-order valence-electron chi connectivity index (χ1n) is 8.53. The Labute approximate surface area is 148 Å². The van der Waals surface area contributed by atoms with Crippen molar-refractivity contribution >= 4 is 15.9 Å². The third-order valence-electron chi connectivity index (χ3n) is 4.49. The topological polar surface area (TPSA) is 93.7 Å². The van der Waals surface area contributed by atoms with Crippen LogP contribution in [0.5, 0.6) is 0 Å². The molecule has 3 rings (SSSR count). The van der Waals surface area contributed by atoms with Crippen molar-refractivity contribution in [2.45, 2.75) is 36.3 Å². The van der Waals surface area contributed by atoms with Gasteiger partial charge in [-0.25, -0.2) is 13.1 Å². The fourth-order valence-corrected chi connectivity index (χ4v) is 4.12. The lowest BCUT2D eigenvalue weighted by atomic mass is 10.1. The molecule has 1 amide bonds. The van der Waals surface area contributed by atoms with E-state index in [0.29, 0.717) is 37.7 Å². The maximum absolute atomic E-state index is 12.7. The molecule has 2 atom stereocenters. The zero-order chi connectivity index (χ0) is 17.9. The van der Waals surface area contributed by atoms with Crippen LogP contribution in [0, 0.1) is 5.92 Å². The van der Waals surface area contributed by atoms with Crippen molar-refractivity contribution in [1.29, 1.82) is 0 Å². The molecular weight excluding hydrogens is 344 g/mol. The fraction of sp³-hybridized carbons (Fsp3) is 0.588. The van der Waals surface area contributed by atoms with Crippen LogP contribution >= 0.6 is 0 Å². The molecule has 1 saturated heterocycles. The average molecular weight is 368 g/mol. The Balaban J connectivity index is 1.71. The minimum atomic E-state index is -3.75. The summed E-state index contributed by atoms with van der Waals surface area (Å²) in [5.41, 5.74) is 0.305. The van der Waals surface area contributed by atoms with Crippen LogP contribution < -0.4 is 10.0 Å². The Kier molecular flexibility index (Phi) is 5.73. The zero-order valence-electron chi connectivity index (χ0n) is 14.2. The third-order valence-corrected chi connectivity index (χ3v) is 5.97. The molecule has 1 saturated carbocycles. The molecular formula is C17H24N2O5S. The van der Waals surface area contributed by atoms with Crippen LogP contribution in [-0.4, -0.2) is 53.3 Å². The molecule has 8 heteroatoms. The van der Waals surface area contributed by atoms with Gasteiger partial charge in [-0.05, 0) is 43.4 Å². The zero-order valence-corrected chi connectivity index (χ0v) is 15.1. The molecule has 1 heterocycles. The molecule has 0 unspecified atom stereocenters. The van der Waals surface area contributed by atoms with Crippen molar-refractivity contribution in [3.8, 4) is 0 Å². The molecule has 1 aromatic rings. The number of hydrogen-bond donors (Lipinski definition) is 2. The van der Waals surface area contributed by atoms with E-state index in [1.807, 2.05) is 0 Å². The van der Waals surface area contributed by atoms with Crippen molar-refractivity contribution in [3.63, 3.8) is 0 Å². The highest BCUT2D eigenvalue weighted by atomic mass is 32.2. The molecule has 7 nitrogen and oxygen atoms in total. The van der Waals surface area contributed by atoms with Crippen molar-refractivity contribution in [2.75, 3.05) is 26.9 Å². The first-order valence-corrected chi connectivity index (χ1v) is 10.0. The van der Waals surface area contributed by atoms with Crippen molar-refractivity contribution in [2.24, 2.45) is 5.92 Å². The first kappa shape index (κ1) is 18.3. The maximum atomic E-state index is 12.7. The molecule has 2 aliphatic rings. The number of carbonyl (C=O) groups is 1. The molecule has 0 spiro atoms. The van der Waals surface area contributed by atoms with Gasteiger partial charge >= 0.3 is 0 Å². The van der Waals surface area contributed by atoms with Crippen molar-refractivity contribution < 1.29 is 22.7 Å². The molecule has 0 bridgehead atoms. The lowest BCUT2D eigenvalue weighted by Gasteiger charge is -2.32. The molecule has 2 fully saturated rings. The van der Waals surface area contributed by atoms with E-state index in [1.165, 1.54) is 32.0 Å². The van der Waals surface area contributed by atoms with Gasteiger partial charge in [-0.1, -0.05) is 6.07 Å². The van der Waals surface area contributed by atoms with Crippen molar-refractivity contribution in [3.05, 3.63) is 29.8 Å². The molecule has 25 heavy (non-hydrogen) atoms. The quantitative estimate of drug-likeness (QED) is 0.746. The van der Waals surface area contributed by atoms with Crippen molar-refractivity contribution in [1.82, 2.24) is 10.0 Å². The summed E-state index contributed by atoms with van der Waals surface area (Å²) in [7, 11) is -2.24. The van der Waals surface area contributed by atoms with Gasteiger partial charge in [0.05, 0.1) is 23.6 Å². The Morgan fingerprint density at radius 2 is 2.12 bits per heavy atom. The van der Waals surface area contributed by atoms with E-state index in [9.17, 15) is 13.2 Å². The predicted octanol–water partition coefficient (Wildman–Crippen LogP) is 0.909. The number of rotatable bonds is 7.